The fourth-order valence-electron chi connectivity index (χ4n) is 4.13. The van der Waals surface area contributed by atoms with E-state index in [1.54, 1.807) is 48.5 Å². The molecule has 0 spiro atoms. The molecule has 35 heavy (non-hydrogen) atoms. The van der Waals surface area contributed by atoms with Crippen molar-refractivity contribution in [2.24, 2.45) is 0 Å². The minimum atomic E-state index is -3.53. The highest BCUT2D eigenvalue weighted by Gasteiger charge is 2.26. The molecule has 0 unspecified atom stereocenters. The van der Waals surface area contributed by atoms with Gasteiger partial charge in [-0.15, -0.1) is 0 Å². The van der Waals surface area contributed by atoms with E-state index in [1.807, 2.05) is 11.9 Å². The van der Waals surface area contributed by atoms with Gasteiger partial charge in [-0.3, -0.25) is 9.59 Å². The van der Waals surface area contributed by atoms with E-state index >= 15 is 0 Å². The average Bonchev–Trinajstić information content (AvgIpc) is 2.89. The van der Waals surface area contributed by atoms with Gasteiger partial charge in [0.1, 0.15) is 0 Å². The fraction of sp³-hybridized carbons (Fsp3) is 0.440. The van der Waals surface area contributed by atoms with E-state index in [0.717, 1.165) is 18.7 Å². The number of likely N-dealkylation sites (N-methyl/N-ethyl adjacent to an activating group) is 1. The van der Waals surface area contributed by atoms with Crippen molar-refractivity contribution in [3.63, 3.8) is 0 Å². The predicted octanol–water partition coefficient (Wildman–Crippen LogP) is 1.67. The normalized spacial score (nSPS) is 17.8. The van der Waals surface area contributed by atoms with Crippen LogP contribution < -0.4 is 5.32 Å². The highest BCUT2D eigenvalue weighted by atomic mass is 32.2. The number of rotatable bonds is 7. The van der Waals surface area contributed by atoms with E-state index in [-0.39, 0.29) is 23.1 Å². The number of piperazine rings is 1. The molecule has 188 valence electrons. The molecule has 0 radical (unpaired) electrons. The van der Waals surface area contributed by atoms with E-state index in [4.69, 9.17) is 4.74 Å². The lowest BCUT2D eigenvalue weighted by Gasteiger charge is -2.32. The van der Waals surface area contributed by atoms with E-state index in [1.165, 1.54) is 4.31 Å². The number of aryl methyl sites for hydroxylation is 1. The maximum absolute atomic E-state index is 12.7. The second-order valence-corrected chi connectivity index (χ2v) is 10.8. The Bertz CT molecular complexity index is 1120. The first-order valence-electron chi connectivity index (χ1n) is 11.9. The van der Waals surface area contributed by atoms with Gasteiger partial charge in [0.25, 0.3) is 5.91 Å². The van der Waals surface area contributed by atoms with Gasteiger partial charge in [0, 0.05) is 56.9 Å². The topological polar surface area (TPSA) is 99.3 Å². The molecule has 0 atom stereocenters. The minimum absolute atomic E-state index is 0.00931. The number of hydrogen-bond acceptors (Lipinski definition) is 6. The number of anilines is 1. The van der Waals surface area contributed by atoms with E-state index in [0.29, 0.717) is 57.1 Å². The Morgan fingerprint density at radius 1 is 0.886 bits per heavy atom. The summed E-state index contributed by atoms with van der Waals surface area (Å²) < 4.78 is 32.1. The van der Waals surface area contributed by atoms with Crippen LogP contribution in [0.25, 0.3) is 0 Å². The van der Waals surface area contributed by atoms with Crippen molar-refractivity contribution in [2.45, 2.75) is 17.7 Å². The maximum atomic E-state index is 12.7. The molecule has 2 aliphatic heterocycles. The zero-order valence-electron chi connectivity index (χ0n) is 20.0. The molecule has 10 heteroatoms. The standard InChI is InChI=1S/C25H32N4O5S/c1-27-12-14-28(15-13-27)25(31)21-5-7-22(8-6-21)26-24(30)11-4-20-2-9-23(10-3-20)35(32,33)29-16-18-34-19-17-29/h2-3,5-10H,4,11-19H2,1H3,(H,26,30). The summed E-state index contributed by atoms with van der Waals surface area (Å²) in [5.74, 6) is -0.136. The summed E-state index contributed by atoms with van der Waals surface area (Å²) in [6.07, 6.45) is 0.751. The summed E-state index contributed by atoms with van der Waals surface area (Å²) >= 11 is 0. The number of amides is 2. The van der Waals surface area contributed by atoms with Gasteiger partial charge in [0.15, 0.2) is 0 Å². The highest BCUT2D eigenvalue weighted by Crippen LogP contribution is 2.19. The van der Waals surface area contributed by atoms with Crippen LogP contribution in [0, 0.1) is 0 Å². The van der Waals surface area contributed by atoms with Crippen LogP contribution in [0.15, 0.2) is 53.4 Å². The molecule has 0 aromatic heterocycles. The average molecular weight is 501 g/mol. The van der Waals surface area contributed by atoms with Crippen LogP contribution in [-0.4, -0.2) is 93.9 Å². The Kier molecular flexibility index (Phi) is 8.17. The zero-order chi connectivity index (χ0) is 24.8. The third kappa shape index (κ3) is 6.46. The molecule has 4 rings (SSSR count). The lowest BCUT2D eigenvalue weighted by Crippen LogP contribution is -2.47. The van der Waals surface area contributed by atoms with Crippen molar-refractivity contribution in [1.29, 1.82) is 0 Å². The molecule has 2 aromatic carbocycles. The largest absolute Gasteiger partial charge is 0.379 e. The van der Waals surface area contributed by atoms with Gasteiger partial charge in [0.2, 0.25) is 15.9 Å². The second-order valence-electron chi connectivity index (χ2n) is 8.88. The van der Waals surface area contributed by atoms with Crippen LogP contribution in [0.3, 0.4) is 0 Å². The molecular weight excluding hydrogens is 468 g/mol. The molecule has 0 aliphatic carbocycles. The maximum Gasteiger partial charge on any atom is 0.253 e. The Labute approximate surface area is 206 Å². The Morgan fingerprint density at radius 2 is 1.51 bits per heavy atom. The Morgan fingerprint density at radius 3 is 2.14 bits per heavy atom. The van der Waals surface area contributed by atoms with Crippen molar-refractivity contribution in [2.75, 3.05) is 64.8 Å². The monoisotopic (exact) mass is 500 g/mol. The highest BCUT2D eigenvalue weighted by molar-refractivity contribution is 7.89. The predicted molar refractivity (Wildman–Crippen MR) is 133 cm³/mol. The zero-order valence-corrected chi connectivity index (χ0v) is 20.8. The lowest BCUT2D eigenvalue weighted by molar-refractivity contribution is -0.116. The summed E-state index contributed by atoms with van der Waals surface area (Å²) in [4.78, 5) is 29.4. The number of ether oxygens (including phenoxy) is 1. The van der Waals surface area contributed by atoms with Crippen molar-refractivity contribution in [3.05, 3.63) is 59.7 Å². The summed E-state index contributed by atoms with van der Waals surface area (Å²) in [7, 11) is -1.48. The van der Waals surface area contributed by atoms with Crippen molar-refractivity contribution in [3.8, 4) is 0 Å². The number of morpholine rings is 1. The van der Waals surface area contributed by atoms with Gasteiger partial charge in [0.05, 0.1) is 18.1 Å². The van der Waals surface area contributed by atoms with Crippen molar-refractivity contribution < 1.29 is 22.7 Å². The third-order valence-corrected chi connectivity index (χ3v) is 8.29. The Hall–Kier alpha value is -2.79. The minimum Gasteiger partial charge on any atom is -0.379 e. The van der Waals surface area contributed by atoms with Gasteiger partial charge in [-0.05, 0) is 55.4 Å². The summed E-state index contributed by atoms with van der Waals surface area (Å²) in [5, 5.41) is 2.86. The molecule has 0 bridgehead atoms. The van der Waals surface area contributed by atoms with Gasteiger partial charge in [-0.1, -0.05) is 12.1 Å². The van der Waals surface area contributed by atoms with Crippen molar-refractivity contribution in [1.82, 2.24) is 14.1 Å². The van der Waals surface area contributed by atoms with Crippen LogP contribution in [0.5, 0.6) is 0 Å². The lowest BCUT2D eigenvalue weighted by atomic mass is 10.1. The number of sulfonamides is 1. The summed E-state index contributed by atoms with van der Waals surface area (Å²) in [5.41, 5.74) is 2.13. The van der Waals surface area contributed by atoms with Gasteiger partial charge in [-0.2, -0.15) is 4.31 Å². The molecule has 9 nitrogen and oxygen atoms in total. The van der Waals surface area contributed by atoms with Crippen LogP contribution in [0.4, 0.5) is 5.69 Å². The molecular formula is C25H32N4O5S. The molecule has 2 aliphatic rings. The second kappa shape index (κ2) is 11.3. The third-order valence-electron chi connectivity index (χ3n) is 6.38. The quantitative estimate of drug-likeness (QED) is 0.621. The molecule has 2 saturated heterocycles. The van der Waals surface area contributed by atoms with E-state index in [2.05, 4.69) is 10.2 Å². The van der Waals surface area contributed by atoms with Gasteiger partial charge < -0.3 is 19.9 Å². The van der Waals surface area contributed by atoms with E-state index in [9.17, 15) is 18.0 Å². The van der Waals surface area contributed by atoms with Crippen LogP contribution >= 0.6 is 0 Å². The van der Waals surface area contributed by atoms with Gasteiger partial charge >= 0.3 is 0 Å². The molecule has 2 fully saturated rings. The van der Waals surface area contributed by atoms with Crippen molar-refractivity contribution >= 4 is 27.5 Å². The number of carbonyl (C=O) groups excluding carboxylic acids is 2. The van der Waals surface area contributed by atoms with E-state index < -0.39 is 10.0 Å². The van der Waals surface area contributed by atoms with Gasteiger partial charge in [-0.25, -0.2) is 8.42 Å². The fourth-order valence-corrected chi connectivity index (χ4v) is 5.54. The number of nitrogens with one attached hydrogen (secondary N) is 1. The summed E-state index contributed by atoms with van der Waals surface area (Å²) in [6, 6.07) is 13.6. The molecule has 1 N–H and O–H groups in total. The van der Waals surface area contributed by atoms with Crippen LogP contribution in [-0.2, 0) is 26.0 Å². The first-order valence-corrected chi connectivity index (χ1v) is 13.3. The number of carbonyl (C=O) groups is 2. The number of benzene rings is 2. The van der Waals surface area contributed by atoms with Crippen LogP contribution in [0.1, 0.15) is 22.3 Å². The Balaban J connectivity index is 1.26. The number of nitrogens with zero attached hydrogens (tertiary/aromatic N) is 3. The SMILES string of the molecule is CN1CCN(C(=O)c2ccc(NC(=O)CCc3ccc(S(=O)(=O)N4CCOCC4)cc3)cc2)CC1. The molecule has 2 amide bonds. The first-order chi connectivity index (χ1) is 16.8. The smallest absolute Gasteiger partial charge is 0.253 e. The molecule has 0 saturated carbocycles. The molecule has 2 aromatic rings. The summed E-state index contributed by atoms with van der Waals surface area (Å²) in [6.45, 7) is 4.69. The first kappa shape index (κ1) is 25.3. The molecule has 2 heterocycles. The van der Waals surface area contributed by atoms with Crippen LogP contribution in [0.2, 0.25) is 0 Å². The number of hydrogen-bond donors (Lipinski definition) is 1.